The normalized spacial score (nSPS) is 11.4. The van der Waals surface area contributed by atoms with E-state index in [-0.39, 0.29) is 11.4 Å². The van der Waals surface area contributed by atoms with Gasteiger partial charge in [0.1, 0.15) is 17.4 Å². The standard InChI is InChI=1S/C26H17Cl2N3O3/c1-15-12-17(16(2)31(15)20-7-3-6-19(27)24(20)28)14-30-26-18(13-29)23(21-8-4-10-32-21)25(34-26)22-9-5-11-33-22/h3-12,14H,1-2H3. The molecule has 0 aliphatic carbocycles. The van der Waals surface area contributed by atoms with E-state index in [9.17, 15) is 5.26 Å². The molecule has 0 radical (unpaired) electrons. The number of halogens is 2. The van der Waals surface area contributed by atoms with Gasteiger partial charge in [0.2, 0.25) is 5.88 Å². The Labute approximate surface area is 205 Å². The SMILES string of the molecule is Cc1cc(C=Nc2oc(-c3ccco3)c(-c3ccco3)c2C#N)c(C)n1-c1cccc(Cl)c1Cl. The number of hydrogen-bond donors (Lipinski definition) is 0. The molecule has 8 heteroatoms. The lowest BCUT2D eigenvalue weighted by Gasteiger charge is -2.12. The summed E-state index contributed by atoms with van der Waals surface area (Å²) in [5.41, 5.74) is 4.23. The lowest BCUT2D eigenvalue weighted by Crippen LogP contribution is -2.00. The first kappa shape index (κ1) is 21.9. The molecular formula is C26H17Cl2N3O3. The lowest BCUT2D eigenvalue weighted by atomic mass is 10.1. The topological polar surface area (TPSA) is 80.5 Å². The van der Waals surface area contributed by atoms with Gasteiger partial charge in [0, 0.05) is 23.2 Å². The van der Waals surface area contributed by atoms with Crippen LogP contribution in [0.2, 0.25) is 10.0 Å². The molecule has 6 nitrogen and oxygen atoms in total. The van der Waals surface area contributed by atoms with Crippen molar-refractivity contribution in [1.82, 2.24) is 4.57 Å². The maximum Gasteiger partial charge on any atom is 0.238 e. The molecule has 0 fully saturated rings. The van der Waals surface area contributed by atoms with Gasteiger partial charge >= 0.3 is 0 Å². The Bertz CT molecular complexity index is 1550. The molecule has 0 atom stereocenters. The van der Waals surface area contributed by atoms with Gasteiger partial charge in [-0.2, -0.15) is 5.26 Å². The van der Waals surface area contributed by atoms with E-state index in [1.807, 2.05) is 36.6 Å². The van der Waals surface area contributed by atoms with Crippen LogP contribution in [0.1, 0.15) is 22.5 Å². The van der Waals surface area contributed by atoms with E-state index < -0.39 is 0 Å². The Morgan fingerprint density at radius 1 is 1.00 bits per heavy atom. The molecule has 5 aromatic rings. The molecule has 0 N–H and O–H groups in total. The summed E-state index contributed by atoms with van der Waals surface area (Å²) in [5, 5.41) is 10.9. The fourth-order valence-electron chi connectivity index (χ4n) is 3.93. The molecule has 0 saturated carbocycles. The van der Waals surface area contributed by atoms with Gasteiger partial charge in [-0.25, -0.2) is 4.99 Å². The summed E-state index contributed by atoms with van der Waals surface area (Å²) in [5.74, 6) is 1.49. The number of nitriles is 1. The number of benzene rings is 1. The maximum atomic E-state index is 9.93. The number of furan rings is 3. The van der Waals surface area contributed by atoms with Crippen LogP contribution in [0, 0.1) is 25.2 Å². The highest BCUT2D eigenvalue weighted by molar-refractivity contribution is 6.43. The molecule has 0 spiro atoms. The van der Waals surface area contributed by atoms with Crippen molar-refractivity contribution >= 4 is 35.3 Å². The highest BCUT2D eigenvalue weighted by Crippen LogP contribution is 2.43. The maximum absolute atomic E-state index is 9.93. The minimum atomic E-state index is 0.158. The van der Waals surface area contributed by atoms with Gasteiger partial charge in [0.05, 0.1) is 33.8 Å². The number of nitrogens with zero attached hydrogens (tertiary/aromatic N) is 3. The molecule has 0 amide bonds. The van der Waals surface area contributed by atoms with Gasteiger partial charge in [-0.1, -0.05) is 29.3 Å². The number of rotatable bonds is 5. The van der Waals surface area contributed by atoms with Crippen LogP contribution in [0.5, 0.6) is 0 Å². The molecule has 0 aliphatic rings. The molecule has 5 rings (SSSR count). The largest absolute Gasteiger partial charge is 0.464 e. The van der Waals surface area contributed by atoms with Crippen molar-refractivity contribution in [3.63, 3.8) is 0 Å². The van der Waals surface area contributed by atoms with Crippen molar-refractivity contribution in [3.8, 4) is 34.6 Å². The highest BCUT2D eigenvalue weighted by Gasteiger charge is 2.26. The summed E-state index contributed by atoms with van der Waals surface area (Å²) in [6, 6.07) is 16.7. The Morgan fingerprint density at radius 2 is 1.74 bits per heavy atom. The van der Waals surface area contributed by atoms with Crippen molar-refractivity contribution in [1.29, 1.82) is 5.26 Å². The second kappa shape index (κ2) is 8.79. The van der Waals surface area contributed by atoms with Crippen LogP contribution in [-0.2, 0) is 0 Å². The van der Waals surface area contributed by atoms with E-state index in [2.05, 4.69) is 11.1 Å². The lowest BCUT2D eigenvalue weighted by molar-refractivity contribution is 0.527. The summed E-state index contributed by atoms with van der Waals surface area (Å²) in [6.45, 7) is 3.93. The average molecular weight is 490 g/mol. The van der Waals surface area contributed by atoms with Crippen LogP contribution in [0.25, 0.3) is 28.5 Å². The Hall–Kier alpha value is -3.92. The molecule has 34 heavy (non-hydrogen) atoms. The van der Waals surface area contributed by atoms with E-state index in [0.29, 0.717) is 32.9 Å². The number of aryl methyl sites for hydroxylation is 1. The zero-order valence-corrected chi connectivity index (χ0v) is 19.7. The number of hydrogen-bond acceptors (Lipinski definition) is 5. The average Bonchev–Trinajstić information content (AvgIpc) is 3.61. The zero-order valence-electron chi connectivity index (χ0n) is 18.2. The van der Waals surface area contributed by atoms with Crippen LogP contribution >= 0.6 is 23.2 Å². The van der Waals surface area contributed by atoms with Gasteiger partial charge in [-0.15, -0.1) is 0 Å². The van der Waals surface area contributed by atoms with Crippen molar-refractivity contribution < 1.29 is 13.3 Å². The Morgan fingerprint density at radius 3 is 2.41 bits per heavy atom. The molecule has 0 aliphatic heterocycles. The predicted molar refractivity (Wildman–Crippen MR) is 131 cm³/mol. The third-order valence-electron chi connectivity index (χ3n) is 5.48. The summed E-state index contributed by atoms with van der Waals surface area (Å²) < 4.78 is 19.1. The molecule has 168 valence electrons. The van der Waals surface area contributed by atoms with Gasteiger partial charge in [-0.3, -0.25) is 0 Å². The molecule has 4 heterocycles. The van der Waals surface area contributed by atoms with Crippen LogP contribution in [-0.4, -0.2) is 10.8 Å². The molecular weight excluding hydrogens is 473 g/mol. The van der Waals surface area contributed by atoms with E-state index >= 15 is 0 Å². The van der Waals surface area contributed by atoms with Crippen molar-refractivity contribution in [2.45, 2.75) is 13.8 Å². The summed E-state index contributed by atoms with van der Waals surface area (Å²) in [7, 11) is 0. The van der Waals surface area contributed by atoms with Gasteiger partial charge < -0.3 is 17.8 Å². The third-order valence-corrected chi connectivity index (χ3v) is 6.29. The molecule has 0 saturated heterocycles. The van der Waals surface area contributed by atoms with Crippen LogP contribution in [0.15, 0.2) is 79.3 Å². The first-order chi connectivity index (χ1) is 16.5. The first-order valence-electron chi connectivity index (χ1n) is 10.3. The molecule has 4 aromatic heterocycles. The van der Waals surface area contributed by atoms with Crippen LogP contribution in [0.4, 0.5) is 5.88 Å². The van der Waals surface area contributed by atoms with Gasteiger partial charge in [0.15, 0.2) is 11.5 Å². The fraction of sp³-hybridized carbons (Fsp3) is 0.0769. The van der Waals surface area contributed by atoms with E-state index in [0.717, 1.165) is 22.6 Å². The zero-order chi connectivity index (χ0) is 23.8. The number of aromatic nitrogens is 1. The molecule has 0 unspecified atom stereocenters. The van der Waals surface area contributed by atoms with Crippen molar-refractivity contribution in [2.75, 3.05) is 0 Å². The van der Waals surface area contributed by atoms with Crippen molar-refractivity contribution in [2.24, 2.45) is 4.99 Å². The van der Waals surface area contributed by atoms with E-state index in [1.54, 1.807) is 36.5 Å². The summed E-state index contributed by atoms with van der Waals surface area (Å²) in [6.07, 6.45) is 4.73. The fourth-order valence-corrected chi connectivity index (χ4v) is 4.31. The number of aliphatic imine (C=N–C) groups is 1. The highest BCUT2D eigenvalue weighted by atomic mass is 35.5. The monoisotopic (exact) mass is 489 g/mol. The predicted octanol–water partition coefficient (Wildman–Crippen LogP) is 8.14. The molecule has 1 aromatic carbocycles. The van der Waals surface area contributed by atoms with E-state index in [1.165, 1.54) is 12.5 Å². The van der Waals surface area contributed by atoms with Crippen molar-refractivity contribution in [3.05, 3.63) is 93.6 Å². The Balaban J connectivity index is 1.61. The minimum Gasteiger partial charge on any atom is -0.464 e. The van der Waals surface area contributed by atoms with Gasteiger partial charge in [0.25, 0.3) is 0 Å². The minimum absolute atomic E-state index is 0.158. The summed E-state index contributed by atoms with van der Waals surface area (Å²) in [4.78, 5) is 4.53. The third kappa shape index (κ3) is 3.65. The Kier molecular flexibility index (Phi) is 5.66. The molecule has 0 bridgehead atoms. The van der Waals surface area contributed by atoms with Crippen LogP contribution < -0.4 is 0 Å². The second-order valence-corrected chi connectivity index (χ2v) is 8.33. The second-order valence-electron chi connectivity index (χ2n) is 7.55. The quantitative estimate of drug-likeness (QED) is 0.233. The summed E-state index contributed by atoms with van der Waals surface area (Å²) >= 11 is 12.7. The van der Waals surface area contributed by atoms with E-state index in [4.69, 9.17) is 36.5 Å². The van der Waals surface area contributed by atoms with Crippen LogP contribution in [0.3, 0.4) is 0 Å². The smallest absolute Gasteiger partial charge is 0.238 e. The first-order valence-corrected chi connectivity index (χ1v) is 11.1. The van der Waals surface area contributed by atoms with Gasteiger partial charge in [-0.05, 0) is 56.3 Å².